The van der Waals surface area contributed by atoms with Crippen LogP contribution in [-0.2, 0) is 6.42 Å². The second kappa shape index (κ2) is 3.68. The van der Waals surface area contributed by atoms with Crippen molar-refractivity contribution in [1.82, 2.24) is 4.98 Å². The highest BCUT2D eigenvalue weighted by Crippen LogP contribution is 2.18. The number of aromatic nitrogens is 1. The van der Waals surface area contributed by atoms with E-state index in [-0.39, 0.29) is 5.41 Å². The molecule has 1 aromatic rings. The highest BCUT2D eigenvalue weighted by atomic mass is 14.7. The van der Waals surface area contributed by atoms with Gasteiger partial charge in [0.15, 0.2) is 0 Å². The van der Waals surface area contributed by atoms with Crippen LogP contribution >= 0.6 is 0 Å². The van der Waals surface area contributed by atoms with Gasteiger partial charge in [0.2, 0.25) is 0 Å². The molecule has 0 aliphatic rings. The summed E-state index contributed by atoms with van der Waals surface area (Å²) in [5.41, 5.74) is 6.91. The molecule has 0 aliphatic carbocycles. The zero-order valence-corrected chi connectivity index (χ0v) is 7.75. The van der Waals surface area contributed by atoms with E-state index in [2.05, 4.69) is 18.8 Å². The molecule has 12 heavy (non-hydrogen) atoms. The standard InChI is InChI=1S/C10H16N2/c1-10(2,8-11)7-9-5-3-4-6-12-9/h3-6H,7-8,11H2,1-2H3. The Bertz CT molecular complexity index is 229. The topological polar surface area (TPSA) is 38.9 Å². The van der Waals surface area contributed by atoms with Gasteiger partial charge >= 0.3 is 0 Å². The summed E-state index contributed by atoms with van der Waals surface area (Å²) in [6, 6.07) is 5.98. The summed E-state index contributed by atoms with van der Waals surface area (Å²) >= 11 is 0. The second-order valence-corrected chi connectivity index (χ2v) is 3.87. The fraction of sp³-hybridized carbons (Fsp3) is 0.500. The van der Waals surface area contributed by atoms with Crippen LogP contribution in [0.15, 0.2) is 24.4 Å². The van der Waals surface area contributed by atoms with E-state index in [1.807, 2.05) is 24.4 Å². The summed E-state index contributed by atoms with van der Waals surface area (Å²) in [6.45, 7) is 5.01. The van der Waals surface area contributed by atoms with Gasteiger partial charge in [-0.3, -0.25) is 4.98 Å². The lowest BCUT2D eigenvalue weighted by Crippen LogP contribution is -2.26. The van der Waals surface area contributed by atoms with E-state index in [1.54, 1.807) is 0 Å². The predicted molar refractivity (Wildman–Crippen MR) is 50.8 cm³/mol. The Balaban J connectivity index is 2.64. The minimum atomic E-state index is 0.161. The molecule has 0 spiro atoms. The van der Waals surface area contributed by atoms with Gasteiger partial charge in [0.25, 0.3) is 0 Å². The molecule has 2 nitrogen and oxygen atoms in total. The Labute approximate surface area is 73.8 Å². The summed E-state index contributed by atoms with van der Waals surface area (Å²) in [5.74, 6) is 0. The smallest absolute Gasteiger partial charge is 0.0409 e. The van der Waals surface area contributed by atoms with Crippen LogP contribution in [0, 0.1) is 5.41 Å². The Hall–Kier alpha value is -0.890. The van der Waals surface area contributed by atoms with Gasteiger partial charge in [-0.1, -0.05) is 19.9 Å². The van der Waals surface area contributed by atoms with Gasteiger partial charge in [0.05, 0.1) is 0 Å². The van der Waals surface area contributed by atoms with Crippen molar-refractivity contribution in [2.24, 2.45) is 11.1 Å². The molecule has 0 bridgehead atoms. The third-order valence-corrected chi connectivity index (χ3v) is 1.94. The van der Waals surface area contributed by atoms with Crippen molar-refractivity contribution >= 4 is 0 Å². The molecule has 0 saturated heterocycles. The Morgan fingerprint density at radius 1 is 1.42 bits per heavy atom. The number of pyridine rings is 1. The first kappa shape index (κ1) is 9.20. The molecule has 0 aliphatic heterocycles. The molecule has 66 valence electrons. The molecule has 0 fully saturated rings. The molecule has 1 rings (SSSR count). The number of hydrogen-bond acceptors (Lipinski definition) is 2. The average Bonchev–Trinajstić information content (AvgIpc) is 2.06. The van der Waals surface area contributed by atoms with Crippen LogP contribution in [0.25, 0.3) is 0 Å². The first-order valence-electron chi connectivity index (χ1n) is 4.24. The molecule has 0 amide bonds. The third kappa shape index (κ3) is 2.62. The monoisotopic (exact) mass is 164 g/mol. The van der Waals surface area contributed by atoms with E-state index in [0.29, 0.717) is 6.54 Å². The molecule has 0 unspecified atom stereocenters. The maximum absolute atomic E-state index is 5.63. The maximum Gasteiger partial charge on any atom is 0.0409 e. The van der Waals surface area contributed by atoms with Crippen molar-refractivity contribution in [3.8, 4) is 0 Å². The van der Waals surface area contributed by atoms with Crippen LogP contribution in [0.2, 0.25) is 0 Å². The van der Waals surface area contributed by atoms with Crippen molar-refractivity contribution in [2.45, 2.75) is 20.3 Å². The molecule has 0 saturated carbocycles. The van der Waals surface area contributed by atoms with Gasteiger partial charge in [-0.2, -0.15) is 0 Å². The first-order valence-corrected chi connectivity index (χ1v) is 4.24. The zero-order chi connectivity index (χ0) is 9.03. The Kier molecular flexibility index (Phi) is 2.82. The van der Waals surface area contributed by atoms with Crippen molar-refractivity contribution in [3.05, 3.63) is 30.1 Å². The molecule has 1 heterocycles. The van der Waals surface area contributed by atoms with E-state index in [4.69, 9.17) is 5.73 Å². The highest BCUT2D eigenvalue weighted by Gasteiger charge is 2.16. The van der Waals surface area contributed by atoms with Gasteiger partial charge in [-0.05, 0) is 30.5 Å². The van der Waals surface area contributed by atoms with Crippen LogP contribution in [-0.4, -0.2) is 11.5 Å². The van der Waals surface area contributed by atoms with Gasteiger partial charge < -0.3 is 5.73 Å². The van der Waals surface area contributed by atoms with Gasteiger partial charge in [-0.15, -0.1) is 0 Å². The van der Waals surface area contributed by atoms with Gasteiger partial charge in [0.1, 0.15) is 0 Å². The lowest BCUT2D eigenvalue weighted by molar-refractivity contribution is 0.372. The van der Waals surface area contributed by atoms with Crippen LogP contribution in [0.3, 0.4) is 0 Å². The van der Waals surface area contributed by atoms with Crippen molar-refractivity contribution in [2.75, 3.05) is 6.54 Å². The third-order valence-electron chi connectivity index (χ3n) is 1.94. The summed E-state index contributed by atoms with van der Waals surface area (Å²) < 4.78 is 0. The SMILES string of the molecule is CC(C)(CN)Cc1ccccn1. The van der Waals surface area contributed by atoms with Crippen molar-refractivity contribution in [3.63, 3.8) is 0 Å². The summed E-state index contributed by atoms with van der Waals surface area (Å²) in [5, 5.41) is 0. The Morgan fingerprint density at radius 2 is 2.17 bits per heavy atom. The molecule has 1 aromatic heterocycles. The maximum atomic E-state index is 5.63. The zero-order valence-electron chi connectivity index (χ0n) is 7.75. The minimum absolute atomic E-state index is 0.161. The predicted octanol–water partition coefficient (Wildman–Crippen LogP) is 1.61. The molecule has 0 radical (unpaired) electrons. The summed E-state index contributed by atoms with van der Waals surface area (Å²) in [4.78, 5) is 4.26. The van der Waals surface area contributed by atoms with Crippen LogP contribution < -0.4 is 5.73 Å². The molecule has 2 N–H and O–H groups in total. The molecular weight excluding hydrogens is 148 g/mol. The van der Waals surface area contributed by atoms with Crippen LogP contribution in [0.4, 0.5) is 0 Å². The van der Waals surface area contributed by atoms with E-state index >= 15 is 0 Å². The minimum Gasteiger partial charge on any atom is -0.330 e. The fourth-order valence-electron chi connectivity index (χ4n) is 1.07. The molecule has 2 heteroatoms. The first-order chi connectivity index (χ1) is 5.64. The van der Waals surface area contributed by atoms with E-state index in [9.17, 15) is 0 Å². The highest BCUT2D eigenvalue weighted by molar-refractivity contribution is 5.05. The number of rotatable bonds is 3. The van der Waals surface area contributed by atoms with E-state index < -0.39 is 0 Å². The van der Waals surface area contributed by atoms with Gasteiger partial charge in [-0.25, -0.2) is 0 Å². The molecule has 0 aromatic carbocycles. The second-order valence-electron chi connectivity index (χ2n) is 3.87. The average molecular weight is 164 g/mol. The van der Waals surface area contributed by atoms with Crippen molar-refractivity contribution in [1.29, 1.82) is 0 Å². The summed E-state index contributed by atoms with van der Waals surface area (Å²) in [6.07, 6.45) is 2.77. The quantitative estimate of drug-likeness (QED) is 0.737. The number of nitrogens with zero attached hydrogens (tertiary/aromatic N) is 1. The normalized spacial score (nSPS) is 11.6. The lowest BCUT2D eigenvalue weighted by atomic mass is 9.88. The van der Waals surface area contributed by atoms with E-state index in [0.717, 1.165) is 12.1 Å². The largest absolute Gasteiger partial charge is 0.330 e. The number of nitrogens with two attached hydrogens (primary N) is 1. The van der Waals surface area contributed by atoms with Crippen LogP contribution in [0.5, 0.6) is 0 Å². The Morgan fingerprint density at radius 3 is 2.67 bits per heavy atom. The van der Waals surface area contributed by atoms with Crippen LogP contribution in [0.1, 0.15) is 19.5 Å². The fourth-order valence-corrected chi connectivity index (χ4v) is 1.07. The molecular formula is C10H16N2. The summed E-state index contributed by atoms with van der Waals surface area (Å²) in [7, 11) is 0. The van der Waals surface area contributed by atoms with Crippen molar-refractivity contribution < 1.29 is 0 Å². The number of hydrogen-bond donors (Lipinski definition) is 1. The van der Waals surface area contributed by atoms with Gasteiger partial charge in [0, 0.05) is 11.9 Å². The molecule has 0 atom stereocenters. The van der Waals surface area contributed by atoms with E-state index in [1.165, 1.54) is 0 Å². The lowest BCUT2D eigenvalue weighted by Gasteiger charge is -2.21.